The van der Waals surface area contributed by atoms with E-state index in [9.17, 15) is 23.3 Å². The highest BCUT2D eigenvalue weighted by atomic mass is 35.5. The van der Waals surface area contributed by atoms with Gasteiger partial charge in [0.1, 0.15) is 12.4 Å². The van der Waals surface area contributed by atoms with Crippen LogP contribution in [0.2, 0.25) is 0 Å². The van der Waals surface area contributed by atoms with Gasteiger partial charge < -0.3 is 9.64 Å². The first-order valence-electron chi connectivity index (χ1n) is 8.19. The summed E-state index contributed by atoms with van der Waals surface area (Å²) in [5.41, 5.74) is 0.0751. The average Bonchev–Trinajstić information content (AvgIpc) is 2.63. The molecule has 0 fully saturated rings. The van der Waals surface area contributed by atoms with Gasteiger partial charge in [-0.25, -0.2) is 0 Å². The Labute approximate surface area is 158 Å². The topological polar surface area (TPSA) is 55.6 Å². The number of hydrogen-bond acceptors (Lipinski definition) is 4. The SMILES string of the molecule is O=[N+]([O-])c1ccc2c(c1)N(Cc1cccc(C(F)(F)F)c1)C(CCCl)CO2. The third-order valence-corrected chi connectivity index (χ3v) is 4.60. The molecule has 0 aromatic heterocycles. The second-order valence-electron chi connectivity index (χ2n) is 6.18. The summed E-state index contributed by atoms with van der Waals surface area (Å²) in [7, 11) is 0. The van der Waals surface area contributed by atoms with Crippen LogP contribution in [0.25, 0.3) is 0 Å². The molecular weight excluding hydrogens is 385 g/mol. The summed E-state index contributed by atoms with van der Waals surface area (Å²) in [5, 5.41) is 11.1. The Hall–Kier alpha value is -2.48. The summed E-state index contributed by atoms with van der Waals surface area (Å²) in [6.07, 6.45) is -3.91. The quantitative estimate of drug-likeness (QED) is 0.402. The fourth-order valence-electron chi connectivity index (χ4n) is 3.06. The number of non-ortho nitro benzene ring substituents is 1. The summed E-state index contributed by atoms with van der Waals surface area (Å²) in [6.45, 7) is 0.458. The summed E-state index contributed by atoms with van der Waals surface area (Å²) >= 11 is 5.86. The molecule has 0 spiro atoms. The zero-order valence-corrected chi connectivity index (χ0v) is 14.8. The van der Waals surface area contributed by atoms with Gasteiger partial charge in [-0.2, -0.15) is 13.2 Å². The lowest BCUT2D eigenvalue weighted by Gasteiger charge is -2.38. The molecule has 1 unspecified atom stereocenters. The lowest BCUT2D eigenvalue weighted by Crippen LogP contribution is -2.43. The molecule has 5 nitrogen and oxygen atoms in total. The lowest BCUT2D eigenvalue weighted by atomic mass is 10.1. The molecule has 0 amide bonds. The van der Waals surface area contributed by atoms with Gasteiger partial charge in [0.2, 0.25) is 0 Å². The van der Waals surface area contributed by atoms with E-state index in [1.807, 2.05) is 4.90 Å². The minimum Gasteiger partial charge on any atom is -0.489 e. The van der Waals surface area contributed by atoms with E-state index in [0.717, 1.165) is 12.1 Å². The first-order chi connectivity index (χ1) is 12.8. The Morgan fingerprint density at radius 1 is 1.26 bits per heavy atom. The van der Waals surface area contributed by atoms with Crippen molar-refractivity contribution < 1.29 is 22.8 Å². The maximum absolute atomic E-state index is 13.0. The van der Waals surface area contributed by atoms with E-state index in [0.29, 0.717) is 35.9 Å². The number of fused-ring (bicyclic) bond motifs is 1. The van der Waals surface area contributed by atoms with Crippen LogP contribution in [-0.4, -0.2) is 23.5 Å². The number of rotatable bonds is 5. The highest BCUT2D eigenvalue weighted by Crippen LogP contribution is 2.39. The van der Waals surface area contributed by atoms with E-state index in [-0.39, 0.29) is 18.3 Å². The van der Waals surface area contributed by atoms with Crippen molar-refractivity contribution in [3.05, 3.63) is 63.7 Å². The molecule has 1 aliphatic rings. The zero-order valence-electron chi connectivity index (χ0n) is 14.1. The molecule has 1 aliphatic heterocycles. The second kappa shape index (κ2) is 7.64. The molecular formula is C18H16ClF3N2O3. The van der Waals surface area contributed by atoms with Crippen LogP contribution in [-0.2, 0) is 12.7 Å². The van der Waals surface area contributed by atoms with Crippen molar-refractivity contribution in [2.45, 2.75) is 25.2 Å². The first-order valence-corrected chi connectivity index (χ1v) is 8.73. The Morgan fingerprint density at radius 3 is 2.70 bits per heavy atom. The van der Waals surface area contributed by atoms with Crippen molar-refractivity contribution in [1.82, 2.24) is 0 Å². The number of nitro benzene ring substituents is 1. The van der Waals surface area contributed by atoms with Crippen LogP contribution in [0.15, 0.2) is 42.5 Å². The standard InChI is InChI=1S/C18H16ClF3N2O3/c19-7-6-15-11-27-17-5-4-14(24(25)26)9-16(17)23(15)10-12-2-1-3-13(8-12)18(20,21)22/h1-5,8-9,15H,6-7,10-11H2. The minimum absolute atomic E-state index is 0.113. The predicted molar refractivity (Wildman–Crippen MR) is 95.3 cm³/mol. The molecule has 1 heterocycles. The Morgan fingerprint density at radius 2 is 2.04 bits per heavy atom. The number of anilines is 1. The van der Waals surface area contributed by atoms with Crippen molar-refractivity contribution >= 4 is 23.0 Å². The molecule has 0 saturated heterocycles. The number of ether oxygens (including phenoxy) is 1. The van der Waals surface area contributed by atoms with E-state index in [4.69, 9.17) is 16.3 Å². The van der Waals surface area contributed by atoms with Crippen LogP contribution in [0.1, 0.15) is 17.5 Å². The Balaban J connectivity index is 1.98. The molecule has 3 rings (SSSR count). The Kier molecular flexibility index (Phi) is 5.46. The number of nitro groups is 1. The van der Waals surface area contributed by atoms with Gasteiger partial charge >= 0.3 is 6.18 Å². The molecule has 0 saturated carbocycles. The number of nitrogens with zero attached hydrogens (tertiary/aromatic N) is 2. The molecule has 144 valence electrons. The zero-order chi connectivity index (χ0) is 19.6. The fourth-order valence-corrected chi connectivity index (χ4v) is 3.31. The highest BCUT2D eigenvalue weighted by Gasteiger charge is 2.32. The summed E-state index contributed by atoms with van der Waals surface area (Å²) in [5.74, 6) is 0.788. The molecule has 0 aliphatic carbocycles. The van der Waals surface area contributed by atoms with E-state index in [1.165, 1.54) is 24.3 Å². The average molecular weight is 401 g/mol. The van der Waals surface area contributed by atoms with Crippen LogP contribution in [0.4, 0.5) is 24.5 Å². The van der Waals surface area contributed by atoms with E-state index in [1.54, 1.807) is 6.07 Å². The van der Waals surface area contributed by atoms with E-state index >= 15 is 0 Å². The van der Waals surface area contributed by atoms with Crippen molar-refractivity contribution in [2.24, 2.45) is 0 Å². The number of alkyl halides is 4. The van der Waals surface area contributed by atoms with Gasteiger partial charge in [0.15, 0.2) is 0 Å². The van der Waals surface area contributed by atoms with Crippen molar-refractivity contribution in [2.75, 3.05) is 17.4 Å². The van der Waals surface area contributed by atoms with Gasteiger partial charge in [-0.1, -0.05) is 12.1 Å². The molecule has 2 aromatic carbocycles. The number of halogens is 4. The van der Waals surface area contributed by atoms with Gasteiger partial charge in [-0.3, -0.25) is 10.1 Å². The minimum atomic E-state index is -4.44. The normalized spacial score (nSPS) is 16.6. The van der Waals surface area contributed by atoms with Crippen LogP contribution in [0.3, 0.4) is 0 Å². The molecule has 27 heavy (non-hydrogen) atoms. The largest absolute Gasteiger partial charge is 0.489 e. The van der Waals surface area contributed by atoms with Gasteiger partial charge in [-0.15, -0.1) is 11.6 Å². The summed E-state index contributed by atoms with van der Waals surface area (Å²) < 4.78 is 44.7. The molecule has 9 heteroatoms. The monoisotopic (exact) mass is 400 g/mol. The second-order valence-corrected chi connectivity index (χ2v) is 6.56. The van der Waals surface area contributed by atoms with Gasteiger partial charge in [0.05, 0.1) is 22.2 Å². The Bertz CT molecular complexity index is 845. The first kappa shape index (κ1) is 19.3. The molecule has 0 radical (unpaired) electrons. The van der Waals surface area contributed by atoms with Crippen LogP contribution >= 0.6 is 11.6 Å². The summed E-state index contributed by atoms with van der Waals surface area (Å²) in [6, 6.07) is 9.06. The van der Waals surface area contributed by atoms with E-state index < -0.39 is 16.7 Å². The maximum Gasteiger partial charge on any atom is 0.416 e. The van der Waals surface area contributed by atoms with E-state index in [2.05, 4.69) is 0 Å². The van der Waals surface area contributed by atoms with Gasteiger partial charge in [0, 0.05) is 24.6 Å². The predicted octanol–water partition coefficient (Wildman–Crippen LogP) is 5.01. The van der Waals surface area contributed by atoms with Crippen LogP contribution < -0.4 is 9.64 Å². The van der Waals surface area contributed by atoms with Crippen molar-refractivity contribution in [1.29, 1.82) is 0 Å². The molecule has 0 bridgehead atoms. The lowest BCUT2D eigenvalue weighted by molar-refractivity contribution is -0.384. The van der Waals surface area contributed by atoms with Crippen molar-refractivity contribution in [3.8, 4) is 5.75 Å². The molecule has 1 atom stereocenters. The van der Waals surface area contributed by atoms with Gasteiger partial charge in [0.25, 0.3) is 5.69 Å². The smallest absolute Gasteiger partial charge is 0.416 e. The third-order valence-electron chi connectivity index (χ3n) is 4.38. The molecule has 0 N–H and O–H groups in total. The number of benzene rings is 2. The van der Waals surface area contributed by atoms with Crippen molar-refractivity contribution in [3.63, 3.8) is 0 Å². The highest BCUT2D eigenvalue weighted by molar-refractivity contribution is 6.17. The van der Waals surface area contributed by atoms with Gasteiger partial charge in [-0.05, 0) is 30.2 Å². The number of hydrogen-bond donors (Lipinski definition) is 0. The fraction of sp³-hybridized carbons (Fsp3) is 0.333. The molecule has 2 aromatic rings. The van der Waals surface area contributed by atoms with Crippen LogP contribution in [0.5, 0.6) is 5.75 Å². The van der Waals surface area contributed by atoms with Crippen LogP contribution in [0, 0.1) is 10.1 Å². The maximum atomic E-state index is 13.0. The summed E-state index contributed by atoms with van der Waals surface area (Å²) in [4.78, 5) is 12.4. The third kappa shape index (κ3) is 4.27.